The van der Waals surface area contributed by atoms with Crippen LogP contribution in [0.4, 0.5) is 0 Å². The summed E-state index contributed by atoms with van der Waals surface area (Å²) in [7, 11) is -1.58. The highest BCUT2D eigenvalue weighted by atomic mass is 32.2. The van der Waals surface area contributed by atoms with E-state index in [0.717, 1.165) is 11.3 Å². The molecule has 0 radical (unpaired) electrons. The number of hydrogen-bond acceptors (Lipinski definition) is 6. The Hall–Kier alpha value is -3.90. The fourth-order valence-electron chi connectivity index (χ4n) is 3.68. The summed E-state index contributed by atoms with van der Waals surface area (Å²) in [4.78, 5) is 12.7. The number of amides is 1. The van der Waals surface area contributed by atoms with Crippen molar-refractivity contribution in [2.75, 3.05) is 18.6 Å². The molecule has 1 aliphatic rings. The van der Waals surface area contributed by atoms with Gasteiger partial charge in [0.2, 0.25) is 0 Å². The summed E-state index contributed by atoms with van der Waals surface area (Å²) in [6.45, 7) is 0. The minimum atomic E-state index is -3.15. The van der Waals surface area contributed by atoms with Crippen LogP contribution in [-0.2, 0) is 14.6 Å². The quantitative estimate of drug-likeness (QED) is 0.445. The third-order valence-electron chi connectivity index (χ3n) is 5.34. The summed E-state index contributed by atoms with van der Waals surface area (Å²) in [5.41, 5.74) is 2.59. The highest BCUT2D eigenvalue weighted by Crippen LogP contribution is 2.28. The van der Waals surface area contributed by atoms with Crippen molar-refractivity contribution >= 4 is 21.8 Å². The molecule has 3 aromatic rings. The van der Waals surface area contributed by atoms with E-state index in [4.69, 9.17) is 9.84 Å². The van der Waals surface area contributed by atoms with Crippen LogP contribution in [0.25, 0.3) is 23.0 Å². The number of carbonyl (C=O) groups excluding carboxylic acids is 1. The lowest BCUT2D eigenvalue weighted by Crippen LogP contribution is -2.36. The van der Waals surface area contributed by atoms with E-state index in [9.17, 15) is 18.5 Å². The van der Waals surface area contributed by atoms with E-state index in [1.54, 1.807) is 18.0 Å². The molecular weight excluding hydrogens is 440 g/mol. The Morgan fingerprint density at radius 1 is 1.24 bits per heavy atom. The van der Waals surface area contributed by atoms with Gasteiger partial charge in [0.1, 0.15) is 23.1 Å². The predicted molar refractivity (Wildman–Crippen MR) is 124 cm³/mol. The molecule has 8 nitrogen and oxygen atoms in total. The number of hydrogen-bond donors (Lipinski definition) is 1. The maximum absolute atomic E-state index is 12.7. The van der Waals surface area contributed by atoms with Gasteiger partial charge in [0.05, 0.1) is 24.3 Å². The first-order chi connectivity index (χ1) is 15.9. The van der Waals surface area contributed by atoms with Gasteiger partial charge >= 0.3 is 0 Å². The molecule has 0 bridgehead atoms. The van der Waals surface area contributed by atoms with Gasteiger partial charge in [0, 0.05) is 23.4 Å². The SMILES string of the molecule is COc1cccc(-c2nn(-c3ccccc3)cc2/C=C(\C#N)C(=O)NC2CCS(=O)(=O)C2)c1. The first-order valence-corrected chi connectivity index (χ1v) is 12.1. The normalized spacial score (nSPS) is 17.3. The molecule has 168 valence electrons. The molecule has 2 aromatic carbocycles. The molecule has 33 heavy (non-hydrogen) atoms. The molecule has 1 saturated heterocycles. The third-order valence-corrected chi connectivity index (χ3v) is 7.11. The zero-order valence-electron chi connectivity index (χ0n) is 17.9. The molecule has 1 N–H and O–H groups in total. The lowest BCUT2D eigenvalue weighted by atomic mass is 10.1. The van der Waals surface area contributed by atoms with Crippen LogP contribution in [0.15, 0.2) is 66.4 Å². The van der Waals surface area contributed by atoms with Crippen LogP contribution in [0.1, 0.15) is 12.0 Å². The van der Waals surface area contributed by atoms with Crippen LogP contribution in [-0.4, -0.2) is 48.8 Å². The molecule has 1 aliphatic heterocycles. The Bertz CT molecular complexity index is 1350. The Morgan fingerprint density at radius 3 is 2.70 bits per heavy atom. The van der Waals surface area contributed by atoms with Crippen molar-refractivity contribution in [3.8, 4) is 28.8 Å². The molecule has 1 aromatic heterocycles. The van der Waals surface area contributed by atoms with E-state index in [2.05, 4.69) is 5.32 Å². The van der Waals surface area contributed by atoms with E-state index in [1.807, 2.05) is 60.7 Å². The number of nitrogens with zero attached hydrogens (tertiary/aromatic N) is 3. The van der Waals surface area contributed by atoms with Gasteiger partial charge in [-0.3, -0.25) is 4.79 Å². The summed E-state index contributed by atoms with van der Waals surface area (Å²) >= 11 is 0. The fraction of sp³-hybridized carbons (Fsp3) is 0.208. The zero-order chi connectivity index (χ0) is 23.4. The number of sulfone groups is 1. The number of carbonyl (C=O) groups is 1. The molecule has 4 rings (SSSR count). The minimum absolute atomic E-state index is 0.0351. The Morgan fingerprint density at radius 2 is 2.03 bits per heavy atom. The number of aromatic nitrogens is 2. The van der Waals surface area contributed by atoms with Crippen molar-refractivity contribution in [2.45, 2.75) is 12.5 Å². The van der Waals surface area contributed by atoms with E-state index >= 15 is 0 Å². The Balaban J connectivity index is 1.72. The zero-order valence-corrected chi connectivity index (χ0v) is 18.7. The lowest BCUT2D eigenvalue weighted by molar-refractivity contribution is -0.117. The predicted octanol–water partition coefficient (Wildman–Crippen LogP) is 2.76. The molecular formula is C24H22N4O4S. The van der Waals surface area contributed by atoms with Gasteiger partial charge in [-0.15, -0.1) is 0 Å². The topological polar surface area (TPSA) is 114 Å². The van der Waals surface area contributed by atoms with Crippen LogP contribution in [0.5, 0.6) is 5.75 Å². The molecule has 2 heterocycles. The van der Waals surface area contributed by atoms with Crippen LogP contribution in [0, 0.1) is 11.3 Å². The van der Waals surface area contributed by atoms with Gasteiger partial charge in [-0.05, 0) is 36.8 Å². The van der Waals surface area contributed by atoms with Gasteiger partial charge < -0.3 is 10.1 Å². The molecule has 9 heteroatoms. The van der Waals surface area contributed by atoms with Crippen molar-refractivity contribution in [1.82, 2.24) is 15.1 Å². The summed E-state index contributed by atoms with van der Waals surface area (Å²) < 4.78 is 30.4. The fourth-order valence-corrected chi connectivity index (χ4v) is 5.35. The van der Waals surface area contributed by atoms with E-state index in [1.165, 1.54) is 6.08 Å². The second-order valence-corrected chi connectivity index (χ2v) is 9.92. The van der Waals surface area contributed by atoms with Crippen LogP contribution >= 0.6 is 0 Å². The molecule has 0 aliphatic carbocycles. The van der Waals surface area contributed by atoms with Crippen molar-refractivity contribution in [2.24, 2.45) is 0 Å². The number of nitriles is 1. The summed E-state index contributed by atoms with van der Waals surface area (Å²) in [5, 5.41) is 17.0. The van der Waals surface area contributed by atoms with Crippen molar-refractivity contribution in [3.63, 3.8) is 0 Å². The maximum Gasteiger partial charge on any atom is 0.262 e. The van der Waals surface area contributed by atoms with Gasteiger partial charge in [-0.2, -0.15) is 10.4 Å². The average Bonchev–Trinajstić information content (AvgIpc) is 3.40. The van der Waals surface area contributed by atoms with Gasteiger partial charge in [-0.25, -0.2) is 13.1 Å². The molecule has 1 atom stereocenters. The second kappa shape index (κ2) is 9.30. The summed E-state index contributed by atoms with van der Waals surface area (Å²) in [6.07, 6.45) is 3.56. The number of para-hydroxylation sites is 1. The smallest absolute Gasteiger partial charge is 0.262 e. The molecule has 1 unspecified atom stereocenters. The van der Waals surface area contributed by atoms with Crippen LogP contribution in [0.2, 0.25) is 0 Å². The van der Waals surface area contributed by atoms with Crippen LogP contribution in [0.3, 0.4) is 0 Å². The Labute approximate surface area is 192 Å². The van der Waals surface area contributed by atoms with E-state index < -0.39 is 21.8 Å². The number of nitrogens with one attached hydrogen (secondary N) is 1. The van der Waals surface area contributed by atoms with Crippen molar-refractivity contribution in [3.05, 3.63) is 71.9 Å². The average molecular weight is 463 g/mol. The van der Waals surface area contributed by atoms with Gasteiger partial charge in [0.25, 0.3) is 5.91 Å². The van der Waals surface area contributed by atoms with E-state index in [0.29, 0.717) is 23.4 Å². The second-order valence-electron chi connectivity index (χ2n) is 7.69. The Kier molecular flexibility index (Phi) is 6.29. The van der Waals surface area contributed by atoms with Crippen molar-refractivity contribution in [1.29, 1.82) is 5.26 Å². The molecule has 1 amide bonds. The van der Waals surface area contributed by atoms with Gasteiger partial charge in [0.15, 0.2) is 9.84 Å². The standard InChI is InChI=1S/C24H22N4O4S/c1-32-22-9-5-6-17(13-22)23-19(15-28(27-23)21-7-3-2-4-8-21)12-18(14-25)24(29)26-20-10-11-33(30,31)16-20/h2-9,12-13,15,20H,10-11,16H2,1H3,(H,26,29)/b18-12+. The molecule has 0 saturated carbocycles. The highest BCUT2D eigenvalue weighted by Gasteiger charge is 2.29. The first-order valence-electron chi connectivity index (χ1n) is 10.3. The summed E-state index contributed by atoms with van der Waals surface area (Å²) in [5.74, 6) is -0.0349. The number of benzene rings is 2. The van der Waals surface area contributed by atoms with Crippen LogP contribution < -0.4 is 10.1 Å². The minimum Gasteiger partial charge on any atom is -0.497 e. The largest absolute Gasteiger partial charge is 0.497 e. The highest BCUT2D eigenvalue weighted by molar-refractivity contribution is 7.91. The monoisotopic (exact) mass is 462 g/mol. The van der Waals surface area contributed by atoms with E-state index in [-0.39, 0.29) is 17.1 Å². The molecule has 1 fully saturated rings. The van der Waals surface area contributed by atoms with Gasteiger partial charge in [-0.1, -0.05) is 30.3 Å². The molecule has 0 spiro atoms. The summed E-state index contributed by atoms with van der Waals surface area (Å²) in [6, 6.07) is 18.3. The number of methoxy groups -OCH3 is 1. The lowest BCUT2D eigenvalue weighted by Gasteiger charge is -2.10. The van der Waals surface area contributed by atoms with Crippen molar-refractivity contribution < 1.29 is 17.9 Å². The number of ether oxygens (including phenoxy) is 1. The maximum atomic E-state index is 12.7. The third kappa shape index (κ3) is 5.13. The number of rotatable bonds is 6. The first kappa shape index (κ1) is 22.3.